The van der Waals surface area contributed by atoms with Crippen molar-refractivity contribution in [2.45, 2.75) is 27.7 Å². The van der Waals surface area contributed by atoms with Crippen LogP contribution in [0, 0.1) is 20.8 Å². The van der Waals surface area contributed by atoms with Gasteiger partial charge in [-0.3, -0.25) is 4.79 Å². The second kappa shape index (κ2) is 8.52. The maximum Gasteiger partial charge on any atom is 0.255 e. The van der Waals surface area contributed by atoms with Gasteiger partial charge in [-0.25, -0.2) is 4.98 Å². The van der Waals surface area contributed by atoms with Crippen LogP contribution in [0.5, 0.6) is 0 Å². The van der Waals surface area contributed by atoms with E-state index in [4.69, 9.17) is 0 Å². The zero-order valence-corrected chi connectivity index (χ0v) is 16.6. The number of rotatable bonds is 6. The van der Waals surface area contributed by atoms with Crippen molar-refractivity contribution in [3.8, 4) is 0 Å². The first-order chi connectivity index (χ1) is 13.4. The maximum atomic E-state index is 12.5. The van der Waals surface area contributed by atoms with Gasteiger partial charge in [0.05, 0.1) is 0 Å². The Morgan fingerprint density at radius 2 is 1.64 bits per heavy atom. The summed E-state index contributed by atoms with van der Waals surface area (Å²) >= 11 is 0. The van der Waals surface area contributed by atoms with Crippen LogP contribution in [0.1, 0.15) is 34.1 Å². The molecule has 144 valence electrons. The fraction of sp³-hybridized carbons (Fsp3) is 0.227. The number of nitrogens with one attached hydrogen (secondary N) is 3. The molecule has 1 aromatic heterocycles. The van der Waals surface area contributed by atoms with Gasteiger partial charge >= 0.3 is 0 Å². The molecule has 0 radical (unpaired) electrons. The molecule has 0 atom stereocenters. The van der Waals surface area contributed by atoms with Gasteiger partial charge in [0.25, 0.3) is 5.91 Å². The number of carbonyl (C=O) groups excluding carboxylic acids is 1. The first-order valence-electron chi connectivity index (χ1n) is 9.30. The monoisotopic (exact) mass is 375 g/mol. The Morgan fingerprint density at radius 1 is 0.929 bits per heavy atom. The molecular formula is C22H25N5O. The molecule has 0 aliphatic heterocycles. The molecule has 0 aliphatic rings. The van der Waals surface area contributed by atoms with Crippen LogP contribution in [0.3, 0.4) is 0 Å². The Morgan fingerprint density at radius 3 is 2.36 bits per heavy atom. The molecule has 0 saturated heterocycles. The number of benzene rings is 2. The summed E-state index contributed by atoms with van der Waals surface area (Å²) in [6, 6.07) is 15.2. The highest BCUT2D eigenvalue weighted by atomic mass is 16.1. The normalized spacial score (nSPS) is 10.4. The Kier molecular flexibility index (Phi) is 5.89. The van der Waals surface area contributed by atoms with Crippen LogP contribution >= 0.6 is 0 Å². The summed E-state index contributed by atoms with van der Waals surface area (Å²) in [5.74, 6) is 1.21. The van der Waals surface area contributed by atoms with Crippen molar-refractivity contribution in [2.24, 2.45) is 0 Å². The molecule has 1 heterocycles. The standard InChI is InChI=1S/C22H25N5O/c1-5-23-20-13-16(4)24-22(27-20)26-18-10-8-17(9-11-18)25-21(28)19-12-14(2)6-7-15(19)3/h6-13H,5H2,1-4H3,(H,25,28)(H2,23,24,26,27). The number of amides is 1. The molecule has 3 rings (SSSR count). The van der Waals surface area contributed by atoms with Crippen molar-refractivity contribution in [3.63, 3.8) is 0 Å². The number of aromatic nitrogens is 2. The smallest absolute Gasteiger partial charge is 0.255 e. The minimum atomic E-state index is -0.112. The lowest BCUT2D eigenvalue weighted by Crippen LogP contribution is -2.13. The van der Waals surface area contributed by atoms with E-state index in [1.807, 2.05) is 76.2 Å². The number of carbonyl (C=O) groups is 1. The molecule has 1 amide bonds. The predicted octanol–water partition coefficient (Wildman–Crippen LogP) is 4.83. The summed E-state index contributed by atoms with van der Waals surface area (Å²) in [5.41, 5.74) is 5.16. The second-order valence-corrected chi connectivity index (χ2v) is 6.72. The Bertz CT molecular complexity index is 983. The van der Waals surface area contributed by atoms with Crippen LogP contribution in [-0.4, -0.2) is 22.4 Å². The van der Waals surface area contributed by atoms with Gasteiger partial charge in [0.15, 0.2) is 0 Å². The number of nitrogens with zero attached hydrogens (tertiary/aromatic N) is 2. The predicted molar refractivity (Wildman–Crippen MR) is 115 cm³/mol. The second-order valence-electron chi connectivity index (χ2n) is 6.72. The van der Waals surface area contributed by atoms with Gasteiger partial charge in [-0.15, -0.1) is 0 Å². The zero-order chi connectivity index (χ0) is 20.1. The molecule has 0 unspecified atom stereocenters. The number of hydrogen-bond donors (Lipinski definition) is 3. The highest BCUT2D eigenvalue weighted by molar-refractivity contribution is 6.05. The molecule has 0 fully saturated rings. The fourth-order valence-electron chi connectivity index (χ4n) is 2.84. The van der Waals surface area contributed by atoms with E-state index >= 15 is 0 Å². The summed E-state index contributed by atoms with van der Waals surface area (Å²) in [6.07, 6.45) is 0. The summed E-state index contributed by atoms with van der Waals surface area (Å²) < 4.78 is 0. The Labute approximate surface area is 165 Å². The van der Waals surface area contributed by atoms with E-state index in [1.165, 1.54) is 0 Å². The van der Waals surface area contributed by atoms with Gasteiger partial charge in [0.2, 0.25) is 5.95 Å². The lowest BCUT2D eigenvalue weighted by molar-refractivity contribution is 0.102. The van der Waals surface area contributed by atoms with Crippen molar-refractivity contribution in [3.05, 3.63) is 70.9 Å². The van der Waals surface area contributed by atoms with Crippen molar-refractivity contribution in [2.75, 3.05) is 22.5 Å². The molecule has 0 spiro atoms. The largest absolute Gasteiger partial charge is 0.370 e. The number of aryl methyl sites for hydroxylation is 3. The maximum absolute atomic E-state index is 12.5. The van der Waals surface area contributed by atoms with Crippen molar-refractivity contribution >= 4 is 29.0 Å². The van der Waals surface area contributed by atoms with Gasteiger partial charge in [0.1, 0.15) is 5.82 Å². The highest BCUT2D eigenvalue weighted by Crippen LogP contribution is 2.19. The summed E-state index contributed by atoms with van der Waals surface area (Å²) in [7, 11) is 0. The number of hydrogen-bond acceptors (Lipinski definition) is 5. The van der Waals surface area contributed by atoms with Gasteiger partial charge in [-0.1, -0.05) is 17.7 Å². The van der Waals surface area contributed by atoms with Crippen LogP contribution in [-0.2, 0) is 0 Å². The molecule has 3 aromatic rings. The summed E-state index contributed by atoms with van der Waals surface area (Å²) in [5, 5.41) is 9.33. The van der Waals surface area contributed by atoms with E-state index in [0.717, 1.165) is 40.6 Å². The first-order valence-corrected chi connectivity index (χ1v) is 9.30. The third-order valence-corrected chi connectivity index (χ3v) is 4.25. The van der Waals surface area contributed by atoms with E-state index in [2.05, 4.69) is 25.9 Å². The quantitative estimate of drug-likeness (QED) is 0.575. The SMILES string of the molecule is CCNc1cc(C)nc(Nc2ccc(NC(=O)c3cc(C)ccc3C)cc2)n1. The average molecular weight is 375 g/mol. The zero-order valence-electron chi connectivity index (χ0n) is 16.6. The van der Waals surface area contributed by atoms with Crippen LogP contribution < -0.4 is 16.0 Å². The Balaban J connectivity index is 1.70. The summed E-state index contributed by atoms with van der Waals surface area (Å²) in [6.45, 7) is 8.66. The van der Waals surface area contributed by atoms with Crippen LogP contribution in [0.2, 0.25) is 0 Å². The highest BCUT2D eigenvalue weighted by Gasteiger charge is 2.10. The third kappa shape index (κ3) is 4.85. The van der Waals surface area contributed by atoms with Crippen LogP contribution in [0.25, 0.3) is 0 Å². The molecule has 28 heavy (non-hydrogen) atoms. The lowest BCUT2D eigenvalue weighted by atomic mass is 10.1. The van der Waals surface area contributed by atoms with E-state index in [-0.39, 0.29) is 5.91 Å². The lowest BCUT2D eigenvalue weighted by Gasteiger charge is -2.11. The van der Waals surface area contributed by atoms with Crippen LogP contribution in [0.4, 0.5) is 23.1 Å². The van der Waals surface area contributed by atoms with Gasteiger partial charge < -0.3 is 16.0 Å². The fourth-order valence-corrected chi connectivity index (χ4v) is 2.84. The minimum absolute atomic E-state index is 0.112. The van der Waals surface area contributed by atoms with E-state index < -0.39 is 0 Å². The summed E-state index contributed by atoms with van der Waals surface area (Å²) in [4.78, 5) is 21.4. The first kappa shape index (κ1) is 19.4. The van der Waals surface area contributed by atoms with E-state index in [1.54, 1.807) is 0 Å². The molecule has 0 aliphatic carbocycles. The molecule has 6 nitrogen and oxygen atoms in total. The molecule has 0 bridgehead atoms. The molecule has 6 heteroatoms. The minimum Gasteiger partial charge on any atom is -0.370 e. The van der Waals surface area contributed by atoms with Crippen molar-refractivity contribution < 1.29 is 4.79 Å². The average Bonchev–Trinajstić information content (AvgIpc) is 2.65. The van der Waals surface area contributed by atoms with Crippen LogP contribution in [0.15, 0.2) is 48.5 Å². The van der Waals surface area contributed by atoms with Crippen molar-refractivity contribution in [1.29, 1.82) is 0 Å². The topological polar surface area (TPSA) is 78.9 Å². The molecule has 0 saturated carbocycles. The van der Waals surface area contributed by atoms with Gasteiger partial charge in [-0.2, -0.15) is 4.98 Å². The van der Waals surface area contributed by atoms with Crippen molar-refractivity contribution in [1.82, 2.24) is 9.97 Å². The van der Waals surface area contributed by atoms with Gasteiger partial charge in [-0.05, 0) is 63.6 Å². The van der Waals surface area contributed by atoms with E-state index in [0.29, 0.717) is 11.5 Å². The molecule has 2 aromatic carbocycles. The van der Waals surface area contributed by atoms with Gasteiger partial charge in [0, 0.05) is 35.2 Å². The molecular weight excluding hydrogens is 350 g/mol. The number of anilines is 4. The van der Waals surface area contributed by atoms with E-state index in [9.17, 15) is 4.79 Å². The third-order valence-electron chi connectivity index (χ3n) is 4.25. The Hall–Kier alpha value is -3.41. The molecule has 3 N–H and O–H groups in total.